The van der Waals surface area contributed by atoms with Crippen LogP contribution in [0.1, 0.15) is 28.9 Å². The molecule has 0 saturated carbocycles. The normalized spacial score (nSPS) is 17.8. The minimum Gasteiger partial charge on any atom is -0.493 e. The summed E-state index contributed by atoms with van der Waals surface area (Å²) in [4.78, 5) is 22.6. The number of piperidine rings is 1. The highest BCUT2D eigenvalue weighted by atomic mass is 16.5. The third-order valence-corrected chi connectivity index (χ3v) is 4.09. The highest BCUT2D eigenvalue weighted by molar-refractivity contribution is 5.94. The van der Waals surface area contributed by atoms with Gasteiger partial charge >= 0.3 is 0 Å². The van der Waals surface area contributed by atoms with Crippen molar-refractivity contribution in [3.05, 3.63) is 54.1 Å². The predicted octanol–water partition coefficient (Wildman–Crippen LogP) is 2.72. The molecule has 0 bridgehead atoms. The van der Waals surface area contributed by atoms with Crippen LogP contribution < -0.4 is 4.74 Å². The van der Waals surface area contributed by atoms with Crippen molar-refractivity contribution < 1.29 is 9.53 Å². The largest absolute Gasteiger partial charge is 0.493 e. The van der Waals surface area contributed by atoms with E-state index in [1.807, 2.05) is 24.0 Å². The molecular formula is C18H21N3O2. The van der Waals surface area contributed by atoms with Gasteiger partial charge in [0.2, 0.25) is 0 Å². The van der Waals surface area contributed by atoms with Crippen LogP contribution in [0.5, 0.6) is 5.75 Å². The minimum absolute atomic E-state index is 0.0804. The molecule has 1 saturated heterocycles. The lowest BCUT2D eigenvalue weighted by Gasteiger charge is -2.32. The Balaban J connectivity index is 1.57. The Morgan fingerprint density at radius 2 is 2.13 bits per heavy atom. The maximum Gasteiger partial charge on any atom is 0.253 e. The van der Waals surface area contributed by atoms with E-state index in [-0.39, 0.29) is 5.91 Å². The third-order valence-electron chi connectivity index (χ3n) is 4.09. The number of aryl methyl sites for hydroxylation is 1. The molecule has 2 aromatic rings. The molecule has 1 aliphatic rings. The number of nitrogens with zero attached hydrogens (tertiary/aromatic N) is 3. The fourth-order valence-electron chi connectivity index (χ4n) is 2.89. The molecule has 3 rings (SSSR count). The molecule has 2 aromatic heterocycles. The van der Waals surface area contributed by atoms with Gasteiger partial charge in [-0.15, -0.1) is 0 Å². The minimum atomic E-state index is 0.0804. The molecule has 0 aliphatic carbocycles. The Labute approximate surface area is 136 Å². The first-order valence-electron chi connectivity index (χ1n) is 7.97. The molecule has 0 N–H and O–H groups in total. The number of likely N-dealkylation sites (tertiary alicyclic amines) is 1. The van der Waals surface area contributed by atoms with Crippen molar-refractivity contribution in [2.45, 2.75) is 19.8 Å². The van der Waals surface area contributed by atoms with Crippen molar-refractivity contribution in [2.24, 2.45) is 5.92 Å². The van der Waals surface area contributed by atoms with Crippen LogP contribution in [0, 0.1) is 12.8 Å². The Bertz CT molecular complexity index is 660. The number of rotatable bonds is 4. The lowest BCUT2D eigenvalue weighted by atomic mass is 9.98. The first kappa shape index (κ1) is 15.5. The van der Waals surface area contributed by atoms with Gasteiger partial charge in [0.1, 0.15) is 5.75 Å². The van der Waals surface area contributed by atoms with Gasteiger partial charge in [-0.05, 0) is 38.0 Å². The predicted molar refractivity (Wildman–Crippen MR) is 87.3 cm³/mol. The van der Waals surface area contributed by atoms with Gasteiger partial charge in [0, 0.05) is 54.9 Å². The van der Waals surface area contributed by atoms with Gasteiger partial charge in [0.25, 0.3) is 5.91 Å². The second-order valence-corrected chi connectivity index (χ2v) is 5.94. The topological polar surface area (TPSA) is 55.3 Å². The average Bonchev–Trinajstić information content (AvgIpc) is 2.60. The molecular weight excluding hydrogens is 290 g/mol. The van der Waals surface area contributed by atoms with Crippen LogP contribution in [0.2, 0.25) is 0 Å². The summed E-state index contributed by atoms with van der Waals surface area (Å²) in [5.41, 5.74) is 1.65. The van der Waals surface area contributed by atoms with E-state index in [1.54, 1.807) is 30.7 Å². The summed E-state index contributed by atoms with van der Waals surface area (Å²) < 4.78 is 5.87. The molecule has 0 radical (unpaired) electrons. The maximum atomic E-state index is 12.5. The number of aromatic nitrogens is 2. The van der Waals surface area contributed by atoms with E-state index in [4.69, 9.17) is 4.74 Å². The molecule has 120 valence electrons. The van der Waals surface area contributed by atoms with Crippen LogP contribution in [0.25, 0.3) is 0 Å². The van der Waals surface area contributed by atoms with Gasteiger partial charge in [-0.25, -0.2) is 0 Å². The van der Waals surface area contributed by atoms with Crippen LogP contribution in [0.3, 0.4) is 0 Å². The molecule has 1 unspecified atom stereocenters. The Morgan fingerprint density at radius 3 is 2.91 bits per heavy atom. The lowest BCUT2D eigenvalue weighted by molar-refractivity contribution is 0.0633. The number of hydrogen-bond donors (Lipinski definition) is 0. The van der Waals surface area contributed by atoms with Crippen LogP contribution in [0.4, 0.5) is 0 Å². The van der Waals surface area contributed by atoms with Gasteiger partial charge < -0.3 is 9.64 Å². The fourth-order valence-corrected chi connectivity index (χ4v) is 2.89. The molecule has 1 amide bonds. The quantitative estimate of drug-likeness (QED) is 0.871. The van der Waals surface area contributed by atoms with Crippen LogP contribution in [0.15, 0.2) is 42.9 Å². The van der Waals surface area contributed by atoms with Gasteiger partial charge in [-0.3, -0.25) is 14.8 Å². The summed E-state index contributed by atoms with van der Waals surface area (Å²) >= 11 is 0. The van der Waals surface area contributed by atoms with Crippen molar-refractivity contribution in [3.63, 3.8) is 0 Å². The monoisotopic (exact) mass is 311 g/mol. The molecule has 1 fully saturated rings. The molecule has 3 heterocycles. The van der Waals surface area contributed by atoms with Crippen molar-refractivity contribution in [2.75, 3.05) is 19.7 Å². The van der Waals surface area contributed by atoms with Crippen molar-refractivity contribution in [3.8, 4) is 5.75 Å². The highest BCUT2D eigenvalue weighted by Crippen LogP contribution is 2.20. The van der Waals surface area contributed by atoms with E-state index in [2.05, 4.69) is 9.97 Å². The van der Waals surface area contributed by atoms with E-state index in [9.17, 15) is 4.79 Å². The van der Waals surface area contributed by atoms with E-state index < -0.39 is 0 Å². The number of ether oxygens (including phenoxy) is 1. The number of pyridine rings is 2. The van der Waals surface area contributed by atoms with Crippen LogP contribution in [-0.2, 0) is 0 Å². The van der Waals surface area contributed by atoms with E-state index >= 15 is 0 Å². The standard InChI is InChI=1S/C18H21N3O2/c1-14-11-17(6-9-20-14)23-13-15-3-2-10-21(12-15)18(22)16-4-7-19-8-5-16/h4-9,11,15H,2-3,10,12-13H2,1H3. The maximum absolute atomic E-state index is 12.5. The van der Waals surface area contributed by atoms with Crippen molar-refractivity contribution >= 4 is 5.91 Å². The molecule has 5 nitrogen and oxygen atoms in total. The molecule has 0 spiro atoms. The Kier molecular flexibility index (Phi) is 4.86. The number of carbonyl (C=O) groups excluding carboxylic acids is 1. The van der Waals surface area contributed by atoms with E-state index in [0.717, 1.165) is 37.4 Å². The summed E-state index contributed by atoms with van der Waals surface area (Å²) in [6, 6.07) is 7.34. The zero-order valence-corrected chi connectivity index (χ0v) is 13.3. The zero-order valence-electron chi connectivity index (χ0n) is 13.3. The molecule has 1 aliphatic heterocycles. The molecule has 1 atom stereocenters. The molecule has 0 aromatic carbocycles. The second-order valence-electron chi connectivity index (χ2n) is 5.94. The van der Waals surface area contributed by atoms with Crippen LogP contribution in [-0.4, -0.2) is 40.5 Å². The van der Waals surface area contributed by atoms with Gasteiger partial charge in [-0.2, -0.15) is 0 Å². The smallest absolute Gasteiger partial charge is 0.253 e. The second kappa shape index (κ2) is 7.22. The van der Waals surface area contributed by atoms with E-state index in [1.165, 1.54) is 0 Å². The lowest BCUT2D eigenvalue weighted by Crippen LogP contribution is -2.41. The fraction of sp³-hybridized carbons (Fsp3) is 0.389. The first-order chi connectivity index (χ1) is 11.2. The SMILES string of the molecule is Cc1cc(OCC2CCCN(C(=O)c3ccncc3)C2)ccn1. The van der Waals surface area contributed by atoms with Gasteiger partial charge in [0.05, 0.1) is 6.61 Å². The highest BCUT2D eigenvalue weighted by Gasteiger charge is 2.24. The van der Waals surface area contributed by atoms with Crippen molar-refractivity contribution in [1.29, 1.82) is 0 Å². The third kappa shape index (κ3) is 4.06. The number of amides is 1. The summed E-state index contributed by atoms with van der Waals surface area (Å²) in [7, 11) is 0. The zero-order chi connectivity index (χ0) is 16.1. The summed E-state index contributed by atoms with van der Waals surface area (Å²) in [5, 5.41) is 0. The Hall–Kier alpha value is -2.43. The molecule has 23 heavy (non-hydrogen) atoms. The van der Waals surface area contributed by atoms with Gasteiger partial charge in [-0.1, -0.05) is 0 Å². The summed E-state index contributed by atoms with van der Waals surface area (Å²) in [5.74, 6) is 1.29. The number of hydrogen-bond acceptors (Lipinski definition) is 4. The Morgan fingerprint density at radius 1 is 1.30 bits per heavy atom. The summed E-state index contributed by atoms with van der Waals surface area (Å²) in [6.45, 7) is 4.13. The average molecular weight is 311 g/mol. The first-order valence-corrected chi connectivity index (χ1v) is 7.97. The molecule has 5 heteroatoms. The number of carbonyl (C=O) groups is 1. The van der Waals surface area contributed by atoms with Crippen LogP contribution >= 0.6 is 0 Å². The summed E-state index contributed by atoms with van der Waals surface area (Å²) in [6.07, 6.45) is 7.17. The van der Waals surface area contributed by atoms with Crippen molar-refractivity contribution in [1.82, 2.24) is 14.9 Å². The van der Waals surface area contributed by atoms with E-state index in [0.29, 0.717) is 18.1 Å². The van der Waals surface area contributed by atoms with Gasteiger partial charge in [0.15, 0.2) is 0 Å².